The van der Waals surface area contributed by atoms with Crippen molar-refractivity contribution in [2.75, 3.05) is 18.0 Å². The van der Waals surface area contributed by atoms with Crippen molar-refractivity contribution in [3.63, 3.8) is 0 Å². The third kappa shape index (κ3) is 2.82. The second-order valence-electron chi connectivity index (χ2n) is 6.47. The van der Waals surface area contributed by atoms with Gasteiger partial charge in [0.2, 0.25) is 0 Å². The van der Waals surface area contributed by atoms with Gasteiger partial charge in [0, 0.05) is 31.7 Å². The molecular formula is C17H21N7O. The molecule has 0 saturated carbocycles. The van der Waals surface area contributed by atoms with E-state index in [-0.39, 0.29) is 6.61 Å². The molecule has 0 atom stereocenters. The largest absolute Gasteiger partial charge is 0.388 e. The lowest BCUT2D eigenvalue weighted by molar-refractivity contribution is 0.266. The van der Waals surface area contributed by atoms with E-state index in [1.165, 1.54) is 0 Å². The molecule has 4 heterocycles. The van der Waals surface area contributed by atoms with E-state index in [9.17, 15) is 5.11 Å². The molecule has 0 unspecified atom stereocenters. The number of nitrogens with zero attached hydrogens (tertiary/aromatic N) is 7. The Hall–Kier alpha value is -2.61. The van der Waals surface area contributed by atoms with Gasteiger partial charge in [-0.3, -0.25) is 0 Å². The first-order valence-corrected chi connectivity index (χ1v) is 8.49. The third-order valence-corrected chi connectivity index (χ3v) is 4.90. The summed E-state index contributed by atoms with van der Waals surface area (Å²) in [5.41, 5.74) is 2.70. The third-order valence-electron chi connectivity index (χ3n) is 4.90. The molecule has 0 bridgehead atoms. The average molecular weight is 339 g/mol. The zero-order valence-corrected chi connectivity index (χ0v) is 14.4. The summed E-state index contributed by atoms with van der Waals surface area (Å²) in [6, 6.07) is 3.96. The van der Waals surface area contributed by atoms with E-state index in [1.807, 2.05) is 30.7 Å². The lowest BCUT2D eigenvalue weighted by Crippen LogP contribution is -2.34. The number of aliphatic hydroxyl groups excluding tert-OH is 1. The van der Waals surface area contributed by atoms with Crippen LogP contribution < -0.4 is 4.90 Å². The fraction of sp³-hybridized carbons (Fsp3) is 0.471. The molecule has 1 aliphatic heterocycles. The van der Waals surface area contributed by atoms with Crippen molar-refractivity contribution in [3.05, 3.63) is 35.8 Å². The first kappa shape index (κ1) is 15.9. The summed E-state index contributed by atoms with van der Waals surface area (Å²) in [4.78, 5) is 15.7. The van der Waals surface area contributed by atoms with Crippen LogP contribution in [0.5, 0.6) is 0 Å². The topological polar surface area (TPSA) is 92.9 Å². The zero-order chi connectivity index (χ0) is 17.4. The van der Waals surface area contributed by atoms with Crippen LogP contribution in [0.15, 0.2) is 18.5 Å². The fourth-order valence-corrected chi connectivity index (χ4v) is 3.47. The van der Waals surface area contributed by atoms with Gasteiger partial charge in [-0.15, -0.1) is 10.2 Å². The highest BCUT2D eigenvalue weighted by atomic mass is 16.3. The second kappa shape index (κ2) is 6.36. The average Bonchev–Trinajstić information content (AvgIpc) is 3.02. The lowest BCUT2D eigenvalue weighted by Gasteiger charge is -2.32. The predicted molar refractivity (Wildman–Crippen MR) is 93.2 cm³/mol. The van der Waals surface area contributed by atoms with Crippen molar-refractivity contribution < 1.29 is 5.11 Å². The maximum atomic E-state index is 9.29. The van der Waals surface area contributed by atoms with E-state index in [0.717, 1.165) is 54.3 Å². The molecule has 8 nitrogen and oxygen atoms in total. The number of hydrogen-bond donors (Lipinski definition) is 1. The van der Waals surface area contributed by atoms with Crippen LogP contribution in [0.4, 0.5) is 5.82 Å². The molecule has 25 heavy (non-hydrogen) atoms. The smallest absolute Gasteiger partial charge is 0.158 e. The van der Waals surface area contributed by atoms with Crippen LogP contribution in [0.3, 0.4) is 0 Å². The van der Waals surface area contributed by atoms with Crippen LogP contribution in [-0.4, -0.2) is 47.9 Å². The number of anilines is 1. The number of pyridine rings is 1. The highest BCUT2D eigenvalue weighted by Gasteiger charge is 2.26. The second-order valence-corrected chi connectivity index (χ2v) is 6.47. The highest BCUT2D eigenvalue weighted by Crippen LogP contribution is 2.31. The number of aliphatic hydroxyl groups is 1. The standard InChI is InChI=1S/C17H21N7O/c1-11-3-4-13-15(20-11)17(19-10-18-13)24-7-5-12(6-8-24)16-22-21-14(9-25)23(16)2/h3-4,10,12,25H,5-9H2,1-2H3. The van der Waals surface area contributed by atoms with Crippen molar-refractivity contribution in [2.45, 2.75) is 32.3 Å². The van der Waals surface area contributed by atoms with Gasteiger partial charge in [0.05, 0.1) is 5.52 Å². The minimum Gasteiger partial charge on any atom is -0.388 e. The summed E-state index contributed by atoms with van der Waals surface area (Å²) in [5, 5.41) is 17.6. The Morgan fingerprint density at radius 1 is 1.16 bits per heavy atom. The zero-order valence-electron chi connectivity index (χ0n) is 14.4. The van der Waals surface area contributed by atoms with Crippen LogP contribution >= 0.6 is 0 Å². The van der Waals surface area contributed by atoms with Crippen LogP contribution in [0, 0.1) is 6.92 Å². The minimum absolute atomic E-state index is 0.0830. The Balaban J connectivity index is 1.56. The Bertz CT molecular complexity index is 899. The predicted octanol–water partition coefficient (Wildman–Crippen LogP) is 1.34. The van der Waals surface area contributed by atoms with E-state index in [0.29, 0.717) is 11.7 Å². The summed E-state index contributed by atoms with van der Waals surface area (Å²) >= 11 is 0. The molecule has 0 radical (unpaired) electrons. The van der Waals surface area contributed by atoms with Crippen molar-refractivity contribution in [2.24, 2.45) is 7.05 Å². The van der Waals surface area contributed by atoms with Crippen LogP contribution in [0.25, 0.3) is 11.0 Å². The summed E-state index contributed by atoms with van der Waals surface area (Å²) in [6.07, 6.45) is 3.54. The molecule has 4 rings (SSSR count). The van der Waals surface area contributed by atoms with Crippen LogP contribution in [0.2, 0.25) is 0 Å². The Morgan fingerprint density at radius 2 is 1.96 bits per heavy atom. The quantitative estimate of drug-likeness (QED) is 0.769. The number of aromatic nitrogens is 6. The first-order chi connectivity index (χ1) is 12.2. The molecule has 1 saturated heterocycles. The molecule has 3 aromatic rings. The Labute approximate surface area is 145 Å². The molecule has 0 spiro atoms. The molecular weight excluding hydrogens is 318 g/mol. The molecule has 1 aliphatic rings. The van der Waals surface area contributed by atoms with Gasteiger partial charge in [-0.1, -0.05) is 0 Å². The van der Waals surface area contributed by atoms with Crippen LogP contribution in [-0.2, 0) is 13.7 Å². The van der Waals surface area contributed by atoms with Gasteiger partial charge in [0.1, 0.15) is 24.3 Å². The van der Waals surface area contributed by atoms with Crippen LogP contribution in [0.1, 0.15) is 36.1 Å². The van der Waals surface area contributed by atoms with E-state index in [1.54, 1.807) is 6.33 Å². The first-order valence-electron chi connectivity index (χ1n) is 8.49. The summed E-state index contributed by atoms with van der Waals surface area (Å²) in [7, 11) is 1.91. The minimum atomic E-state index is -0.0830. The number of piperidine rings is 1. The van der Waals surface area contributed by atoms with Gasteiger partial charge >= 0.3 is 0 Å². The lowest BCUT2D eigenvalue weighted by atomic mass is 9.96. The summed E-state index contributed by atoms with van der Waals surface area (Å²) < 4.78 is 1.91. The Kier molecular flexibility index (Phi) is 4.04. The SMILES string of the molecule is Cc1ccc2ncnc(N3CCC(c4nnc(CO)n4C)CC3)c2n1. The molecule has 0 aliphatic carbocycles. The maximum absolute atomic E-state index is 9.29. The van der Waals surface area contributed by atoms with E-state index in [4.69, 9.17) is 0 Å². The van der Waals surface area contributed by atoms with E-state index in [2.05, 4.69) is 30.0 Å². The number of fused-ring (bicyclic) bond motifs is 1. The Morgan fingerprint density at radius 3 is 2.68 bits per heavy atom. The molecule has 1 N–H and O–H groups in total. The number of aryl methyl sites for hydroxylation is 1. The molecule has 130 valence electrons. The van der Waals surface area contributed by atoms with Gasteiger partial charge in [-0.05, 0) is 31.9 Å². The van der Waals surface area contributed by atoms with Gasteiger partial charge < -0.3 is 14.6 Å². The van der Waals surface area contributed by atoms with Crippen molar-refractivity contribution >= 4 is 16.9 Å². The van der Waals surface area contributed by atoms with Gasteiger partial charge in [0.25, 0.3) is 0 Å². The summed E-state index contributed by atoms with van der Waals surface area (Å²) in [5.74, 6) is 2.81. The van der Waals surface area contributed by atoms with Crippen molar-refractivity contribution in [3.8, 4) is 0 Å². The van der Waals surface area contributed by atoms with Gasteiger partial charge in [0.15, 0.2) is 11.6 Å². The van der Waals surface area contributed by atoms with Crippen molar-refractivity contribution in [1.29, 1.82) is 0 Å². The van der Waals surface area contributed by atoms with Crippen molar-refractivity contribution in [1.82, 2.24) is 29.7 Å². The van der Waals surface area contributed by atoms with Gasteiger partial charge in [-0.2, -0.15) is 0 Å². The van der Waals surface area contributed by atoms with Gasteiger partial charge in [-0.25, -0.2) is 15.0 Å². The molecule has 0 amide bonds. The molecule has 3 aromatic heterocycles. The molecule has 0 aromatic carbocycles. The molecule has 8 heteroatoms. The van der Waals surface area contributed by atoms with E-state index < -0.39 is 0 Å². The number of hydrogen-bond acceptors (Lipinski definition) is 7. The highest BCUT2D eigenvalue weighted by molar-refractivity contribution is 5.85. The maximum Gasteiger partial charge on any atom is 0.158 e. The number of rotatable bonds is 3. The summed E-state index contributed by atoms with van der Waals surface area (Å²) in [6.45, 7) is 3.66. The monoisotopic (exact) mass is 339 g/mol. The fourth-order valence-electron chi connectivity index (χ4n) is 3.47. The molecule has 1 fully saturated rings. The van der Waals surface area contributed by atoms with E-state index >= 15 is 0 Å². The normalized spacial score (nSPS) is 15.9.